The Kier molecular flexibility index (Phi) is 5.32. The van der Waals surface area contributed by atoms with Crippen LogP contribution in [0.2, 0.25) is 0 Å². The van der Waals surface area contributed by atoms with Crippen molar-refractivity contribution < 1.29 is 12.8 Å². The highest BCUT2D eigenvalue weighted by Crippen LogP contribution is 2.20. The van der Waals surface area contributed by atoms with Crippen molar-refractivity contribution in [2.45, 2.75) is 37.6 Å². The van der Waals surface area contributed by atoms with E-state index in [1.807, 2.05) is 12.1 Å². The van der Waals surface area contributed by atoms with Gasteiger partial charge in [-0.05, 0) is 36.1 Å². The van der Waals surface area contributed by atoms with E-state index in [4.69, 9.17) is 0 Å². The average molecular weight is 321 g/mol. The van der Waals surface area contributed by atoms with Crippen molar-refractivity contribution in [2.75, 3.05) is 0 Å². The van der Waals surface area contributed by atoms with Crippen LogP contribution in [0.25, 0.3) is 0 Å². The molecule has 3 nitrogen and oxygen atoms in total. The molecule has 2 aromatic rings. The summed E-state index contributed by atoms with van der Waals surface area (Å²) in [7, 11) is -3.64. The van der Waals surface area contributed by atoms with Gasteiger partial charge >= 0.3 is 0 Å². The summed E-state index contributed by atoms with van der Waals surface area (Å²) in [5.41, 5.74) is 1.43. The summed E-state index contributed by atoms with van der Waals surface area (Å²) in [5, 5.41) is 0. The Labute approximate surface area is 131 Å². The minimum absolute atomic E-state index is 0.0673. The van der Waals surface area contributed by atoms with Gasteiger partial charge in [-0.1, -0.05) is 44.2 Å². The lowest BCUT2D eigenvalue weighted by atomic mass is 9.99. The van der Waals surface area contributed by atoms with Gasteiger partial charge in [-0.25, -0.2) is 17.5 Å². The molecule has 0 aliphatic rings. The second-order valence-electron chi connectivity index (χ2n) is 5.29. The Morgan fingerprint density at radius 2 is 1.73 bits per heavy atom. The van der Waals surface area contributed by atoms with Crippen LogP contribution in [0.3, 0.4) is 0 Å². The van der Waals surface area contributed by atoms with Crippen LogP contribution >= 0.6 is 0 Å². The van der Waals surface area contributed by atoms with Gasteiger partial charge in [0.15, 0.2) is 0 Å². The Morgan fingerprint density at radius 3 is 2.32 bits per heavy atom. The van der Waals surface area contributed by atoms with Crippen LogP contribution in [0.5, 0.6) is 0 Å². The third kappa shape index (κ3) is 3.93. The van der Waals surface area contributed by atoms with E-state index in [2.05, 4.69) is 18.6 Å². The fourth-order valence-electron chi connectivity index (χ4n) is 2.11. The van der Waals surface area contributed by atoms with E-state index in [9.17, 15) is 12.8 Å². The van der Waals surface area contributed by atoms with Gasteiger partial charge in [0.1, 0.15) is 5.82 Å². The van der Waals surface area contributed by atoms with Crippen LogP contribution in [0.1, 0.15) is 37.3 Å². The van der Waals surface area contributed by atoms with Crippen molar-refractivity contribution in [3.63, 3.8) is 0 Å². The molecule has 0 heterocycles. The van der Waals surface area contributed by atoms with E-state index in [0.29, 0.717) is 11.5 Å². The molecule has 2 aromatic carbocycles. The van der Waals surface area contributed by atoms with Gasteiger partial charge in [0.05, 0.1) is 4.90 Å². The molecule has 0 fully saturated rings. The standard InChI is InChI=1S/C17H20FNO2S/c1-3-13(2)14-8-10-16(11-9-14)22(20,21)19-12-15-6-4-5-7-17(15)18/h4-11,13,19H,3,12H2,1-2H3/t13-/m0/s1. The lowest BCUT2D eigenvalue weighted by molar-refractivity contribution is 0.574. The van der Waals surface area contributed by atoms with Crippen molar-refractivity contribution in [3.05, 3.63) is 65.5 Å². The zero-order valence-electron chi connectivity index (χ0n) is 12.7. The monoisotopic (exact) mass is 321 g/mol. The van der Waals surface area contributed by atoms with Gasteiger partial charge < -0.3 is 0 Å². The first kappa shape index (κ1) is 16.6. The van der Waals surface area contributed by atoms with E-state index in [1.54, 1.807) is 30.3 Å². The fraction of sp³-hybridized carbons (Fsp3) is 0.294. The van der Waals surface area contributed by atoms with E-state index < -0.39 is 15.8 Å². The summed E-state index contributed by atoms with van der Waals surface area (Å²) in [6, 6.07) is 12.9. The van der Waals surface area contributed by atoms with Crippen LogP contribution in [0, 0.1) is 5.82 Å². The van der Waals surface area contributed by atoms with Gasteiger partial charge in [0.25, 0.3) is 0 Å². The van der Waals surface area contributed by atoms with Crippen molar-refractivity contribution in [2.24, 2.45) is 0 Å². The maximum atomic E-state index is 13.5. The third-order valence-corrected chi connectivity index (χ3v) is 5.20. The summed E-state index contributed by atoms with van der Waals surface area (Å²) >= 11 is 0. The SMILES string of the molecule is CC[C@H](C)c1ccc(S(=O)(=O)NCc2ccccc2F)cc1. The molecule has 0 aliphatic carbocycles. The van der Waals surface area contributed by atoms with Crippen LogP contribution in [0.4, 0.5) is 4.39 Å². The Morgan fingerprint density at radius 1 is 1.09 bits per heavy atom. The molecule has 0 saturated heterocycles. The second kappa shape index (κ2) is 7.03. The molecule has 0 aromatic heterocycles. The number of rotatable bonds is 6. The van der Waals surface area contributed by atoms with Crippen molar-refractivity contribution in [1.29, 1.82) is 0 Å². The van der Waals surface area contributed by atoms with Crippen LogP contribution in [0.15, 0.2) is 53.4 Å². The van der Waals surface area contributed by atoms with Crippen LogP contribution in [-0.2, 0) is 16.6 Å². The quantitative estimate of drug-likeness (QED) is 0.879. The molecule has 0 radical (unpaired) electrons. The van der Waals surface area contributed by atoms with Crippen molar-refractivity contribution in [3.8, 4) is 0 Å². The average Bonchev–Trinajstić information content (AvgIpc) is 2.53. The third-order valence-electron chi connectivity index (χ3n) is 3.78. The molecule has 0 saturated carbocycles. The molecular formula is C17H20FNO2S. The smallest absolute Gasteiger partial charge is 0.207 e. The highest BCUT2D eigenvalue weighted by molar-refractivity contribution is 7.89. The van der Waals surface area contributed by atoms with E-state index in [1.165, 1.54) is 6.07 Å². The molecule has 22 heavy (non-hydrogen) atoms. The Hall–Kier alpha value is -1.72. The molecule has 0 spiro atoms. The maximum Gasteiger partial charge on any atom is 0.240 e. The molecule has 0 amide bonds. The Balaban J connectivity index is 2.12. The second-order valence-corrected chi connectivity index (χ2v) is 7.06. The number of hydrogen-bond acceptors (Lipinski definition) is 2. The highest BCUT2D eigenvalue weighted by Gasteiger charge is 2.15. The number of nitrogens with one attached hydrogen (secondary N) is 1. The predicted octanol–water partition coefficient (Wildman–Crippen LogP) is 3.82. The number of halogens is 1. The van der Waals surface area contributed by atoms with Crippen LogP contribution in [-0.4, -0.2) is 8.42 Å². The summed E-state index contributed by atoms with van der Waals surface area (Å²) < 4.78 is 40.4. The molecule has 5 heteroatoms. The molecule has 0 aliphatic heterocycles. The molecule has 2 rings (SSSR count). The molecule has 1 atom stereocenters. The summed E-state index contributed by atoms with van der Waals surface area (Å²) in [6.45, 7) is 4.12. The fourth-order valence-corrected chi connectivity index (χ4v) is 3.12. The zero-order chi connectivity index (χ0) is 16.2. The maximum absolute atomic E-state index is 13.5. The summed E-state index contributed by atoms with van der Waals surface area (Å²) in [4.78, 5) is 0.191. The van der Waals surface area contributed by atoms with Crippen molar-refractivity contribution >= 4 is 10.0 Å². The molecule has 0 unspecified atom stereocenters. The number of benzene rings is 2. The van der Waals surface area contributed by atoms with Gasteiger partial charge in [-0.3, -0.25) is 0 Å². The van der Waals surface area contributed by atoms with Gasteiger partial charge in [0, 0.05) is 12.1 Å². The minimum atomic E-state index is -3.64. The molecular weight excluding hydrogens is 301 g/mol. The first-order chi connectivity index (χ1) is 10.4. The molecule has 1 N–H and O–H groups in total. The summed E-state index contributed by atoms with van der Waals surface area (Å²) in [5.74, 6) is -0.0274. The number of hydrogen-bond donors (Lipinski definition) is 1. The van der Waals surface area contributed by atoms with Crippen LogP contribution < -0.4 is 4.72 Å². The topological polar surface area (TPSA) is 46.2 Å². The van der Waals surface area contributed by atoms with Gasteiger partial charge in [-0.2, -0.15) is 0 Å². The number of sulfonamides is 1. The van der Waals surface area contributed by atoms with E-state index in [0.717, 1.165) is 12.0 Å². The molecule has 118 valence electrons. The Bertz CT molecular complexity index is 727. The zero-order valence-corrected chi connectivity index (χ0v) is 13.5. The summed E-state index contributed by atoms with van der Waals surface area (Å²) in [6.07, 6.45) is 0.998. The van der Waals surface area contributed by atoms with E-state index in [-0.39, 0.29) is 11.4 Å². The largest absolute Gasteiger partial charge is 0.240 e. The van der Waals surface area contributed by atoms with Gasteiger partial charge in [0.2, 0.25) is 10.0 Å². The highest BCUT2D eigenvalue weighted by atomic mass is 32.2. The normalized spacial score (nSPS) is 13.0. The minimum Gasteiger partial charge on any atom is -0.207 e. The first-order valence-electron chi connectivity index (χ1n) is 7.27. The predicted molar refractivity (Wildman–Crippen MR) is 85.6 cm³/mol. The lowest BCUT2D eigenvalue weighted by Gasteiger charge is -2.11. The molecule has 0 bridgehead atoms. The lowest BCUT2D eigenvalue weighted by Crippen LogP contribution is -2.23. The first-order valence-corrected chi connectivity index (χ1v) is 8.75. The van der Waals surface area contributed by atoms with Gasteiger partial charge in [-0.15, -0.1) is 0 Å². The van der Waals surface area contributed by atoms with E-state index >= 15 is 0 Å². The van der Waals surface area contributed by atoms with Crippen molar-refractivity contribution in [1.82, 2.24) is 4.72 Å².